The highest BCUT2D eigenvalue weighted by atomic mass is 19.1. The van der Waals surface area contributed by atoms with Gasteiger partial charge in [0.25, 0.3) is 0 Å². The molecule has 1 aliphatic heterocycles. The lowest BCUT2D eigenvalue weighted by Gasteiger charge is -2.30. The third kappa shape index (κ3) is 2.11. The Kier molecular flexibility index (Phi) is 3.26. The van der Waals surface area contributed by atoms with E-state index in [0.29, 0.717) is 6.04 Å². The number of halogens is 1. The van der Waals surface area contributed by atoms with Gasteiger partial charge in [0.15, 0.2) is 0 Å². The molecule has 0 saturated carbocycles. The molecule has 16 heavy (non-hydrogen) atoms. The van der Waals surface area contributed by atoms with Gasteiger partial charge in [-0.1, -0.05) is 12.1 Å². The monoisotopic (exact) mass is 222 g/mol. The van der Waals surface area contributed by atoms with Crippen LogP contribution in [-0.2, 0) is 0 Å². The van der Waals surface area contributed by atoms with E-state index in [-0.39, 0.29) is 17.9 Å². The van der Waals surface area contributed by atoms with Crippen LogP contribution in [0.3, 0.4) is 0 Å². The summed E-state index contributed by atoms with van der Waals surface area (Å²) >= 11 is 0. The van der Waals surface area contributed by atoms with Crippen LogP contribution < -0.4 is 5.73 Å². The van der Waals surface area contributed by atoms with Crippen LogP contribution in [0, 0.1) is 5.82 Å². The predicted molar refractivity (Wildman–Crippen MR) is 63.6 cm³/mol. The van der Waals surface area contributed by atoms with E-state index in [1.165, 1.54) is 12.1 Å². The number of nitrogens with zero attached hydrogens (tertiary/aromatic N) is 1. The fourth-order valence-electron chi connectivity index (χ4n) is 2.52. The molecule has 88 valence electrons. The van der Waals surface area contributed by atoms with Crippen LogP contribution in [0.4, 0.5) is 4.39 Å². The van der Waals surface area contributed by atoms with Crippen molar-refractivity contribution in [2.24, 2.45) is 5.73 Å². The number of rotatable bonds is 2. The zero-order valence-corrected chi connectivity index (χ0v) is 9.86. The van der Waals surface area contributed by atoms with Gasteiger partial charge in [-0.15, -0.1) is 0 Å². The lowest BCUT2D eigenvalue weighted by Crippen LogP contribution is -2.35. The molecule has 0 bridgehead atoms. The summed E-state index contributed by atoms with van der Waals surface area (Å²) in [6, 6.07) is 7.59. The second-order valence-electron chi connectivity index (χ2n) is 4.78. The fraction of sp³-hybridized carbons (Fsp3) is 0.538. The van der Waals surface area contributed by atoms with Crippen molar-refractivity contribution in [2.45, 2.75) is 38.4 Å². The van der Waals surface area contributed by atoms with Crippen LogP contribution >= 0.6 is 0 Å². The summed E-state index contributed by atoms with van der Waals surface area (Å²) in [6.07, 6.45) is 1.01. The molecule has 0 aromatic heterocycles. The Balaban J connectivity index is 2.26. The minimum atomic E-state index is -0.189. The summed E-state index contributed by atoms with van der Waals surface area (Å²) in [5.41, 5.74) is 7.27. The Morgan fingerprint density at radius 2 is 1.94 bits per heavy atom. The Morgan fingerprint density at radius 3 is 2.50 bits per heavy atom. The van der Waals surface area contributed by atoms with Crippen LogP contribution in [0.15, 0.2) is 24.3 Å². The zero-order chi connectivity index (χ0) is 11.7. The van der Waals surface area contributed by atoms with Crippen molar-refractivity contribution >= 4 is 0 Å². The highest BCUT2D eigenvalue weighted by Gasteiger charge is 2.34. The second kappa shape index (κ2) is 4.52. The summed E-state index contributed by atoms with van der Waals surface area (Å²) in [5.74, 6) is -0.189. The fourth-order valence-corrected chi connectivity index (χ4v) is 2.52. The normalized spacial score (nSPS) is 26.6. The molecule has 1 aromatic carbocycles. The molecular formula is C13H19FN2. The van der Waals surface area contributed by atoms with Crippen molar-refractivity contribution in [1.29, 1.82) is 0 Å². The first-order valence-electron chi connectivity index (χ1n) is 5.86. The van der Waals surface area contributed by atoms with Gasteiger partial charge < -0.3 is 5.73 Å². The number of benzene rings is 1. The van der Waals surface area contributed by atoms with Crippen molar-refractivity contribution in [2.75, 3.05) is 6.54 Å². The minimum absolute atomic E-state index is 0.160. The van der Waals surface area contributed by atoms with Gasteiger partial charge in [-0.3, -0.25) is 4.90 Å². The molecule has 1 aromatic rings. The number of nitrogens with two attached hydrogens (primary N) is 1. The van der Waals surface area contributed by atoms with Crippen molar-refractivity contribution in [1.82, 2.24) is 4.90 Å². The van der Waals surface area contributed by atoms with E-state index in [9.17, 15) is 4.39 Å². The van der Waals surface area contributed by atoms with E-state index in [2.05, 4.69) is 18.7 Å². The Labute approximate surface area is 96.2 Å². The Bertz CT molecular complexity index is 347. The van der Waals surface area contributed by atoms with Gasteiger partial charge >= 0.3 is 0 Å². The lowest BCUT2D eigenvalue weighted by atomic mass is 10.00. The summed E-state index contributed by atoms with van der Waals surface area (Å²) in [6.45, 7) is 5.38. The van der Waals surface area contributed by atoms with Crippen LogP contribution in [0.5, 0.6) is 0 Å². The van der Waals surface area contributed by atoms with Gasteiger partial charge in [0, 0.05) is 18.6 Å². The second-order valence-corrected chi connectivity index (χ2v) is 4.78. The molecular weight excluding hydrogens is 203 g/mol. The summed E-state index contributed by atoms with van der Waals surface area (Å²) < 4.78 is 12.9. The third-order valence-corrected chi connectivity index (χ3v) is 3.36. The minimum Gasteiger partial charge on any atom is -0.326 e. The molecule has 2 unspecified atom stereocenters. The highest BCUT2D eigenvalue weighted by Crippen LogP contribution is 2.32. The summed E-state index contributed by atoms with van der Waals surface area (Å²) in [7, 11) is 0. The average Bonchev–Trinajstić information content (AvgIpc) is 2.62. The first-order valence-corrected chi connectivity index (χ1v) is 5.86. The SMILES string of the molecule is CC(C)N1CCC(N)C1c1ccc(F)cc1. The van der Waals surface area contributed by atoms with E-state index >= 15 is 0 Å². The smallest absolute Gasteiger partial charge is 0.123 e. The maximum atomic E-state index is 12.9. The van der Waals surface area contributed by atoms with Gasteiger partial charge in [-0.25, -0.2) is 4.39 Å². The van der Waals surface area contributed by atoms with E-state index in [1.54, 1.807) is 0 Å². The van der Waals surface area contributed by atoms with E-state index in [1.807, 2.05) is 12.1 Å². The molecule has 2 N–H and O–H groups in total. The molecule has 1 fully saturated rings. The van der Waals surface area contributed by atoms with Crippen LogP contribution in [0.25, 0.3) is 0 Å². The quantitative estimate of drug-likeness (QED) is 0.832. The molecule has 2 atom stereocenters. The van der Waals surface area contributed by atoms with Crippen molar-refractivity contribution in [3.8, 4) is 0 Å². The van der Waals surface area contributed by atoms with Crippen molar-refractivity contribution in [3.05, 3.63) is 35.6 Å². The number of hydrogen-bond donors (Lipinski definition) is 1. The van der Waals surface area contributed by atoms with Gasteiger partial charge in [-0.05, 0) is 38.0 Å². The van der Waals surface area contributed by atoms with Gasteiger partial charge in [-0.2, -0.15) is 0 Å². The molecule has 1 aliphatic rings. The molecule has 0 radical (unpaired) electrons. The molecule has 0 aliphatic carbocycles. The largest absolute Gasteiger partial charge is 0.326 e. The van der Waals surface area contributed by atoms with Crippen molar-refractivity contribution < 1.29 is 4.39 Å². The van der Waals surface area contributed by atoms with Gasteiger partial charge in [0.05, 0.1) is 6.04 Å². The van der Waals surface area contributed by atoms with Crippen LogP contribution in [-0.4, -0.2) is 23.5 Å². The first-order chi connectivity index (χ1) is 7.59. The van der Waals surface area contributed by atoms with Gasteiger partial charge in [0.1, 0.15) is 5.82 Å². The molecule has 2 nitrogen and oxygen atoms in total. The van der Waals surface area contributed by atoms with E-state index in [4.69, 9.17) is 5.73 Å². The molecule has 0 spiro atoms. The van der Waals surface area contributed by atoms with Gasteiger partial charge in [0.2, 0.25) is 0 Å². The molecule has 1 saturated heterocycles. The predicted octanol–water partition coefficient (Wildman–Crippen LogP) is 2.31. The first kappa shape index (κ1) is 11.6. The summed E-state index contributed by atoms with van der Waals surface area (Å²) in [5, 5.41) is 0. The molecule has 0 amide bonds. The standard InChI is InChI=1S/C13H19FN2/c1-9(2)16-8-7-12(15)13(16)10-3-5-11(14)6-4-10/h3-6,9,12-13H,7-8,15H2,1-2H3. The maximum absolute atomic E-state index is 12.9. The highest BCUT2D eigenvalue weighted by molar-refractivity contribution is 5.23. The average molecular weight is 222 g/mol. The third-order valence-electron chi connectivity index (χ3n) is 3.36. The number of likely N-dealkylation sites (tertiary alicyclic amines) is 1. The maximum Gasteiger partial charge on any atom is 0.123 e. The summed E-state index contributed by atoms with van der Waals surface area (Å²) in [4.78, 5) is 2.39. The van der Waals surface area contributed by atoms with Crippen LogP contribution in [0.2, 0.25) is 0 Å². The number of hydrogen-bond acceptors (Lipinski definition) is 2. The Hall–Kier alpha value is -0.930. The van der Waals surface area contributed by atoms with Crippen LogP contribution in [0.1, 0.15) is 31.9 Å². The molecule has 1 heterocycles. The topological polar surface area (TPSA) is 29.3 Å². The lowest BCUT2D eigenvalue weighted by molar-refractivity contribution is 0.198. The molecule has 2 rings (SSSR count). The van der Waals surface area contributed by atoms with E-state index in [0.717, 1.165) is 18.5 Å². The van der Waals surface area contributed by atoms with E-state index < -0.39 is 0 Å². The Morgan fingerprint density at radius 1 is 1.31 bits per heavy atom. The van der Waals surface area contributed by atoms with Crippen molar-refractivity contribution in [3.63, 3.8) is 0 Å². The molecule has 3 heteroatoms. The zero-order valence-electron chi connectivity index (χ0n) is 9.86.